The minimum absolute atomic E-state index is 0.00976. The fourth-order valence-corrected chi connectivity index (χ4v) is 2.24. The summed E-state index contributed by atoms with van der Waals surface area (Å²) in [5.74, 6) is -0.237. The normalized spacial score (nSPS) is 16.4. The van der Waals surface area contributed by atoms with Crippen molar-refractivity contribution in [1.82, 2.24) is 4.90 Å². The molecule has 0 spiro atoms. The van der Waals surface area contributed by atoms with Gasteiger partial charge in [-0.2, -0.15) is 0 Å². The van der Waals surface area contributed by atoms with Crippen LogP contribution in [0, 0.1) is 5.82 Å². The Balaban J connectivity index is 2.85. The van der Waals surface area contributed by atoms with Crippen molar-refractivity contribution in [3.8, 4) is 0 Å². The molecule has 0 aliphatic rings. The zero-order valence-electron chi connectivity index (χ0n) is 12.0. The minimum atomic E-state index is -0.325. The molecule has 0 aromatic heterocycles. The fraction of sp³-hybridized carbons (Fsp3) is 0.600. The molecule has 1 rings (SSSR count). The Hall–Kier alpha value is -0.970. The number of aliphatic hydroxyl groups excluding tert-OH is 1. The molecule has 3 nitrogen and oxygen atoms in total. The summed E-state index contributed by atoms with van der Waals surface area (Å²) in [6.45, 7) is 4.58. The number of nitrogens with two attached hydrogens (primary N) is 1. The standard InChI is InChI=1S/C15H25FN2O/c1-4-14(17)15(18(3)10-9-11(2)19)12-5-7-13(16)8-6-12/h5-8,11,14-15,19H,4,9-10,17H2,1-3H3. The van der Waals surface area contributed by atoms with Crippen LogP contribution in [0.25, 0.3) is 0 Å². The highest BCUT2D eigenvalue weighted by Crippen LogP contribution is 2.24. The highest BCUT2D eigenvalue weighted by molar-refractivity contribution is 5.21. The number of halogens is 1. The van der Waals surface area contributed by atoms with Crippen LogP contribution in [0.5, 0.6) is 0 Å². The molecule has 108 valence electrons. The average molecular weight is 268 g/mol. The maximum atomic E-state index is 13.0. The molecule has 0 aliphatic heterocycles. The second kappa shape index (κ2) is 7.58. The van der Waals surface area contributed by atoms with Crippen molar-refractivity contribution < 1.29 is 9.50 Å². The predicted molar refractivity (Wildman–Crippen MR) is 76.3 cm³/mol. The van der Waals surface area contributed by atoms with Gasteiger partial charge in [-0.15, -0.1) is 0 Å². The van der Waals surface area contributed by atoms with Gasteiger partial charge in [-0.25, -0.2) is 4.39 Å². The SMILES string of the molecule is CCC(N)C(c1ccc(F)cc1)N(C)CCC(C)O. The lowest BCUT2D eigenvalue weighted by Gasteiger charge is -2.33. The van der Waals surface area contributed by atoms with Crippen molar-refractivity contribution in [1.29, 1.82) is 0 Å². The number of hydrogen-bond donors (Lipinski definition) is 2. The van der Waals surface area contributed by atoms with Crippen LogP contribution in [0.2, 0.25) is 0 Å². The summed E-state index contributed by atoms with van der Waals surface area (Å²) in [6, 6.07) is 6.54. The highest BCUT2D eigenvalue weighted by Gasteiger charge is 2.23. The molecule has 3 atom stereocenters. The van der Waals surface area contributed by atoms with Crippen LogP contribution >= 0.6 is 0 Å². The zero-order chi connectivity index (χ0) is 14.4. The van der Waals surface area contributed by atoms with E-state index in [0.717, 1.165) is 18.5 Å². The first-order valence-corrected chi connectivity index (χ1v) is 6.85. The van der Waals surface area contributed by atoms with Crippen LogP contribution in [0.1, 0.15) is 38.3 Å². The number of likely N-dealkylation sites (N-methyl/N-ethyl adjacent to an activating group) is 1. The van der Waals surface area contributed by atoms with Gasteiger partial charge in [0.15, 0.2) is 0 Å². The predicted octanol–water partition coefficient (Wildman–Crippen LogP) is 2.31. The Bertz CT molecular complexity index is 367. The molecule has 0 saturated carbocycles. The van der Waals surface area contributed by atoms with Crippen molar-refractivity contribution >= 4 is 0 Å². The largest absolute Gasteiger partial charge is 0.393 e. The van der Waals surface area contributed by atoms with Crippen molar-refractivity contribution in [3.05, 3.63) is 35.6 Å². The molecule has 0 radical (unpaired) electrons. The topological polar surface area (TPSA) is 49.5 Å². The van der Waals surface area contributed by atoms with Gasteiger partial charge in [-0.3, -0.25) is 4.90 Å². The van der Waals surface area contributed by atoms with Crippen molar-refractivity contribution in [2.75, 3.05) is 13.6 Å². The van der Waals surface area contributed by atoms with E-state index < -0.39 is 0 Å². The Morgan fingerprint density at radius 1 is 1.32 bits per heavy atom. The second-order valence-corrected chi connectivity index (χ2v) is 5.19. The van der Waals surface area contributed by atoms with Gasteiger partial charge in [0, 0.05) is 18.6 Å². The molecule has 3 unspecified atom stereocenters. The van der Waals surface area contributed by atoms with Gasteiger partial charge in [-0.05, 0) is 44.5 Å². The molecular weight excluding hydrogens is 243 g/mol. The average Bonchev–Trinajstić information content (AvgIpc) is 2.38. The minimum Gasteiger partial charge on any atom is -0.393 e. The fourth-order valence-electron chi connectivity index (χ4n) is 2.24. The van der Waals surface area contributed by atoms with E-state index in [4.69, 9.17) is 5.73 Å². The summed E-state index contributed by atoms with van der Waals surface area (Å²) < 4.78 is 13.0. The van der Waals surface area contributed by atoms with Gasteiger partial charge in [0.1, 0.15) is 5.82 Å². The third-order valence-corrected chi connectivity index (χ3v) is 3.46. The van der Waals surface area contributed by atoms with Crippen molar-refractivity contribution in [3.63, 3.8) is 0 Å². The second-order valence-electron chi connectivity index (χ2n) is 5.19. The number of aliphatic hydroxyl groups is 1. The summed E-state index contributed by atoms with van der Waals surface area (Å²) in [7, 11) is 1.99. The Morgan fingerprint density at radius 3 is 2.37 bits per heavy atom. The summed E-state index contributed by atoms with van der Waals surface area (Å²) >= 11 is 0. The molecule has 3 N–H and O–H groups in total. The molecule has 0 aliphatic carbocycles. The van der Waals surface area contributed by atoms with E-state index in [1.165, 1.54) is 12.1 Å². The Kier molecular flexibility index (Phi) is 6.42. The number of benzene rings is 1. The summed E-state index contributed by atoms with van der Waals surface area (Å²) in [4.78, 5) is 2.13. The van der Waals surface area contributed by atoms with Crippen molar-refractivity contribution in [2.45, 2.75) is 44.9 Å². The Morgan fingerprint density at radius 2 is 1.89 bits per heavy atom. The number of hydrogen-bond acceptors (Lipinski definition) is 3. The molecule has 0 fully saturated rings. The van der Waals surface area contributed by atoms with Crippen LogP contribution in [0.3, 0.4) is 0 Å². The Labute approximate surface area is 115 Å². The monoisotopic (exact) mass is 268 g/mol. The third-order valence-electron chi connectivity index (χ3n) is 3.46. The van der Waals surface area contributed by atoms with Crippen molar-refractivity contribution in [2.24, 2.45) is 5.73 Å². The lowest BCUT2D eigenvalue weighted by Crippen LogP contribution is -2.39. The molecule has 4 heteroatoms. The van der Waals surface area contributed by atoms with E-state index in [1.54, 1.807) is 19.1 Å². The molecule has 1 aromatic rings. The lowest BCUT2D eigenvalue weighted by atomic mass is 9.96. The van der Waals surface area contributed by atoms with Crippen LogP contribution in [0.4, 0.5) is 4.39 Å². The van der Waals surface area contributed by atoms with Gasteiger partial charge in [-0.1, -0.05) is 19.1 Å². The van der Waals surface area contributed by atoms with Gasteiger partial charge >= 0.3 is 0 Å². The molecular formula is C15H25FN2O. The first-order chi connectivity index (χ1) is 8.95. The first-order valence-electron chi connectivity index (χ1n) is 6.85. The van der Waals surface area contributed by atoms with Crippen LogP contribution < -0.4 is 5.73 Å². The summed E-state index contributed by atoms with van der Waals surface area (Å²) in [6.07, 6.45) is 1.22. The van der Waals surface area contributed by atoms with E-state index in [9.17, 15) is 9.50 Å². The van der Waals surface area contributed by atoms with Crippen LogP contribution in [-0.4, -0.2) is 35.7 Å². The highest BCUT2D eigenvalue weighted by atomic mass is 19.1. The quantitative estimate of drug-likeness (QED) is 0.798. The van der Waals surface area contributed by atoms with Gasteiger partial charge in [0.2, 0.25) is 0 Å². The maximum Gasteiger partial charge on any atom is 0.123 e. The first kappa shape index (κ1) is 16.1. The summed E-state index contributed by atoms with van der Waals surface area (Å²) in [5, 5.41) is 9.38. The van der Waals surface area contributed by atoms with Gasteiger partial charge < -0.3 is 10.8 Å². The van der Waals surface area contributed by atoms with E-state index in [-0.39, 0.29) is 24.0 Å². The zero-order valence-corrected chi connectivity index (χ0v) is 12.0. The third kappa shape index (κ3) is 4.90. The molecule has 19 heavy (non-hydrogen) atoms. The van der Waals surface area contributed by atoms with E-state index in [1.807, 2.05) is 14.0 Å². The summed E-state index contributed by atoms with van der Waals surface area (Å²) in [5.41, 5.74) is 7.21. The number of nitrogens with zero attached hydrogens (tertiary/aromatic N) is 1. The van der Waals surface area contributed by atoms with Crippen LogP contribution in [0.15, 0.2) is 24.3 Å². The lowest BCUT2D eigenvalue weighted by molar-refractivity contribution is 0.140. The molecule has 0 bridgehead atoms. The van der Waals surface area contributed by atoms with Crippen LogP contribution in [-0.2, 0) is 0 Å². The van der Waals surface area contributed by atoms with E-state index in [2.05, 4.69) is 4.90 Å². The molecule has 0 heterocycles. The molecule has 1 aromatic carbocycles. The van der Waals surface area contributed by atoms with Gasteiger partial charge in [0.25, 0.3) is 0 Å². The number of rotatable bonds is 7. The molecule has 0 saturated heterocycles. The molecule has 0 amide bonds. The maximum absolute atomic E-state index is 13.0. The van der Waals surface area contributed by atoms with E-state index >= 15 is 0 Å². The smallest absolute Gasteiger partial charge is 0.123 e. The van der Waals surface area contributed by atoms with E-state index in [0.29, 0.717) is 6.42 Å². The van der Waals surface area contributed by atoms with Gasteiger partial charge in [0.05, 0.1) is 6.10 Å².